The van der Waals surface area contributed by atoms with Gasteiger partial charge in [0.25, 0.3) is 0 Å². The third kappa shape index (κ3) is 4.79. The number of nitrogens with zero attached hydrogens (tertiary/aromatic N) is 3. The summed E-state index contributed by atoms with van der Waals surface area (Å²) >= 11 is 0. The number of aromatic nitrogens is 3. The summed E-state index contributed by atoms with van der Waals surface area (Å²) in [5, 5.41) is 21.5. The molecule has 0 saturated carbocycles. The zero-order valence-electron chi connectivity index (χ0n) is 20.8. The van der Waals surface area contributed by atoms with Crippen molar-refractivity contribution in [3.8, 4) is 17.1 Å². The van der Waals surface area contributed by atoms with Crippen LogP contribution in [0.4, 0.5) is 0 Å². The highest BCUT2D eigenvalue weighted by atomic mass is 16.5. The molecule has 3 atom stereocenters. The van der Waals surface area contributed by atoms with Crippen molar-refractivity contribution < 1.29 is 19.7 Å². The second kappa shape index (κ2) is 9.52. The number of aliphatic hydroxyl groups excluding tert-OH is 1. The van der Waals surface area contributed by atoms with E-state index in [0.29, 0.717) is 11.4 Å². The van der Waals surface area contributed by atoms with Gasteiger partial charge in [0, 0.05) is 42.5 Å². The lowest BCUT2D eigenvalue weighted by molar-refractivity contribution is -0.130. The van der Waals surface area contributed by atoms with E-state index >= 15 is 0 Å². The highest BCUT2D eigenvalue weighted by Gasteiger charge is 2.38. The number of amides is 1. The first-order valence-electron chi connectivity index (χ1n) is 12.3. The van der Waals surface area contributed by atoms with Gasteiger partial charge in [-0.15, -0.1) is 0 Å². The molecule has 5 rings (SSSR count). The van der Waals surface area contributed by atoms with Crippen molar-refractivity contribution in [1.82, 2.24) is 19.9 Å². The molecule has 0 aromatic carbocycles. The van der Waals surface area contributed by atoms with Crippen LogP contribution in [0.1, 0.15) is 44.9 Å². The number of aromatic amines is 1. The smallest absolute Gasteiger partial charge is 0.219 e. The predicted molar refractivity (Wildman–Crippen MR) is 136 cm³/mol. The van der Waals surface area contributed by atoms with E-state index in [9.17, 15) is 15.0 Å². The molecular weight excluding hydrogens is 456 g/mol. The zero-order chi connectivity index (χ0) is 25.4. The van der Waals surface area contributed by atoms with Gasteiger partial charge in [-0.2, -0.15) is 0 Å². The standard InChI is InChI=1S/C28H32N4O4/c1-17(34)32-10-4-5-26(32)22-13-24-18(12-27(22)36-21-8-7-20(16-33)29-15-21)11-25(31-24)23-9-6-19(14-30-23)28(2,3)35/h6-9,11-15,22,26-27,31,33,35H,4-5,10,16H2,1-3H3/t22?,26-,27?/m1/s1. The second-order valence-electron chi connectivity index (χ2n) is 10.1. The number of rotatable bonds is 6. The molecule has 1 amide bonds. The third-order valence-electron chi connectivity index (χ3n) is 7.09. The van der Waals surface area contributed by atoms with Gasteiger partial charge in [-0.3, -0.25) is 14.8 Å². The van der Waals surface area contributed by atoms with Crippen molar-refractivity contribution >= 4 is 18.1 Å². The predicted octanol–water partition coefficient (Wildman–Crippen LogP) is 1.84. The van der Waals surface area contributed by atoms with Crippen LogP contribution >= 0.6 is 0 Å². The Morgan fingerprint density at radius 1 is 1.19 bits per heavy atom. The molecule has 0 spiro atoms. The molecule has 8 heteroatoms. The maximum atomic E-state index is 12.4. The van der Waals surface area contributed by atoms with Crippen LogP contribution in [0.5, 0.6) is 5.75 Å². The minimum absolute atomic E-state index is 0.0394. The summed E-state index contributed by atoms with van der Waals surface area (Å²) < 4.78 is 6.41. The number of carbonyl (C=O) groups is 1. The first-order valence-corrected chi connectivity index (χ1v) is 12.3. The number of ether oxygens (including phenoxy) is 1. The Labute approximate surface area is 210 Å². The van der Waals surface area contributed by atoms with Gasteiger partial charge < -0.3 is 24.8 Å². The summed E-state index contributed by atoms with van der Waals surface area (Å²) in [6, 6.07) is 9.44. The summed E-state index contributed by atoms with van der Waals surface area (Å²) in [5.41, 5.74) is 2.03. The van der Waals surface area contributed by atoms with E-state index in [1.165, 1.54) is 0 Å². The Morgan fingerprint density at radius 2 is 2.03 bits per heavy atom. The number of nitrogens with one attached hydrogen (secondary N) is 1. The van der Waals surface area contributed by atoms with Crippen LogP contribution in [-0.2, 0) is 17.0 Å². The molecule has 0 radical (unpaired) electrons. The summed E-state index contributed by atoms with van der Waals surface area (Å²) in [6.07, 6.45) is 9.19. The number of hydrogen-bond acceptors (Lipinski definition) is 6. The molecule has 0 bridgehead atoms. The molecule has 3 aromatic rings. The SMILES string of the molecule is CC(=O)N1CCC[C@@H]1C1C=c2[nH]c(-c3ccc(C(C)(C)O)cn3)cc2=CC1Oc1ccc(CO)nc1. The van der Waals surface area contributed by atoms with Crippen LogP contribution in [0.25, 0.3) is 23.5 Å². The Hall–Kier alpha value is -3.49. The Bertz CT molecular complexity index is 1360. The van der Waals surface area contributed by atoms with Crippen molar-refractivity contribution in [2.24, 2.45) is 5.92 Å². The first kappa shape index (κ1) is 24.2. The Morgan fingerprint density at radius 3 is 2.67 bits per heavy atom. The van der Waals surface area contributed by atoms with E-state index in [1.807, 2.05) is 23.1 Å². The van der Waals surface area contributed by atoms with Gasteiger partial charge in [-0.1, -0.05) is 12.1 Å². The van der Waals surface area contributed by atoms with Crippen LogP contribution in [0.2, 0.25) is 0 Å². The largest absolute Gasteiger partial charge is 0.484 e. The normalized spacial score (nSPS) is 21.5. The minimum atomic E-state index is -0.950. The quantitative estimate of drug-likeness (QED) is 0.488. The number of fused-ring (bicyclic) bond motifs is 1. The van der Waals surface area contributed by atoms with E-state index in [1.54, 1.807) is 39.2 Å². The summed E-state index contributed by atoms with van der Waals surface area (Å²) in [6.45, 7) is 5.73. The third-order valence-corrected chi connectivity index (χ3v) is 7.09. The van der Waals surface area contributed by atoms with Crippen LogP contribution in [0.3, 0.4) is 0 Å². The molecule has 2 aliphatic rings. The Balaban J connectivity index is 1.52. The lowest BCUT2D eigenvalue weighted by Crippen LogP contribution is -2.47. The zero-order valence-corrected chi connectivity index (χ0v) is 20.8. The number of aliphatic hydroxyl groups is 2. The number of pyridine rings is 2. The van der Waals surface area contributed by atoms with Crippen molar-refractivity contribution in [3.63, 3.8) is 0 Å². The van der Waals surface area contributed by atoms with Crippen LogP contribution in [-0.4, -0.2) is 54.7 Å². The van der Waals surface area contributed by atoms with Crippen molar-refractivity contribution in [2.75, 3.05) is 6.54 Å². The fourth-order valence-electron chi connectivity index (χ4n) is 5.15. The lowest BCUT2D eigenvalue weighted by atomic mass is 9.88. The first-order chi connectivity index (χ1) is 17.2. The molecule has 1 aliphatic carbocycles. The average molecular weight is 489 g/mol. The molecule has 188 valence electrons. The Kier molecular flexibility index (Phi) is 6.40. The van der Waals surface area contributed by atoms with E-state index in [0.717, 1.165) is 46.9 Å². The van der Waals surface area contributed by atoms with Gasteiger partial charge in [-0.25, -0.2) is 0 Å². The van der Waals surface area contributed by atoms with Crippen LogP contribution in [0.15, 0.2) is 42.7 Å². The molecule has 3 aromatic heterocycles. The summed E-state index contributed by atoms with van der Waals surface area (Å²) in [4.78, 5) is 26.6. The highest BCUT2D eigenvalue weighted by molar-refractivity contribution is 5.74. The van der Waals surface area contributed by atoms with Gasteiger partial charge in [0.2, 0.25) is 5.91 Å². The number of likely N-dealkylation sites (tertiary alicyclic amines) is 1. The van der Waals surface area contributed by atoms with Crippen molar-refractivity contribution in [2.45, 2.75) is 58.0 Å². The maximum absolute atomic E-state index is 12.4. The second-order valence-corrected chi connectivity index (χ2v) is 10.1. The molecule has 8 nitrogen and oxygen atoms in total. The fraction of sp³-hybridized carbons (Fsp3) is 0.393. The molecule has 1 fully saturated rings. The molecule has 1 aliphatic heterocycles. The van der Waals surface area contributed by atoms with Crippen molar-refractivity contribution in [3.05, 3.63) is 64.6 Å². The number of hydrogen-bond donors (Lipinski definition) is 3. The fourth-order valence-corrected chi connectivity index (χ4v) is 5.15. The average Bonchev–Trinajstić information content (AvgIpc) is 3.51. The number of H-pyrrole nitrogens is 1. The van der Waals surface area contributed by atoms with E-state index in [2.05, 4.69) is 33.2 Å². The van der Waals surface area contributed by atoms with Gasteiger partial charge in [0.1, 0.15) is 11.9 Å². The molecule has 2 unspecified atom stereocenters. The van der Waals surface area contributed by atoms with Crippen LogP contribution < -0.4 is 15.3 Å². The van der Waals surface area contributed by atoms with Gasteiger partial charge in [0.05, 0.1) is 35.5 Å². The summed E-state index contributed by atoms with van der Waals surface area (Å²) in [7, 11) is 0. The molecule has 3 N–H and O–H groups in total. The lowest BCUT2D eigenvalue weighted by Gasteiger charge is -2.34. The van der Waals surface area contributed by atoms with Gasteiger partial charge >= 0.3 is 0 Å². The van der Waals surface area contributed by atoms with E-state index < -0.39 is 5.60 Å². The van der Waals surface area contributed by atoms with Gasteiger partial charge in [-0.05, 0) is 62.2 Å². The molecule has 36 heavy (non-hydrogen) atoms. The summed E-state index contributed by atoms with van der Waals surface area (Å²) in [5.74, 6) is 0.647. The van der Waals surface area contributed by atoms with Crippen LogP contribution in [0, 0.1) is 5.92 Å². The maximum Gasteiger partial charge on any atom is 0.219 e. The van der Waals surface area contributed by atoms with E-state index in [-0.39, 0.29) is 30.6 Å². The monoisotopic (exact) mass is 488 g/mol. The molecular formula is C28H32N4O4. The topological polar surface area (TPSA) is 112 Å². The molecule has 4 heterocycles. The van der Waals surface area contributed by atoms with E-state index in [4.69, 9.17) is 4.74 Å². The van der Waals surface area contributed by atoms with Crippen molar-refractivity contribution in [1.29, 1.82) is 0 Å². The molecule has 1 saturated heterocycles. The minimum Gasteiger partial charge on any atom is -0.484 e. The number of carbonyl (C=O) groups excluding carboxylic acids is 1. The highest BCUT2D eigenvalue weighted by Crippen LogP contribution is 2.31. The van der Waals surface area contributed by atoms with Gasteiger partial charge in [0.15, 0.2) is 0 Å².